The first-order valence-electron chi connectivity index (χ1n) is 6.46. The number of sulfonamides is 1. The lowest BCUT2D eigenvalue weighted by Crippen LogP contribution is -2.46. The molecule has 0 spiro atoms. The standard InChI is InChI=1S/C13H14N4O3S/c1-10-4-3-7-17(13(10)16-9-18)21(19,20)12-5-2-6-15-11(12)8-14/h2,5-6,10,13H,3-4,7H2,1H3. The fourth-order valence-electron chi connectivity index (χ4n) is 2.45. The molecule has 8 heteroatoms. The largest absolute Gasteiger partial charge is 0.247 e. The van der Waals surface area contributed by atoms with Crippen LogP contribution in [0.3, 0.4) is 0 Å². The predicted octanol–water partition coefficient (Wildman–Crippen LogP) is 1.04. The van der Waals surface area contributed by atoms with E-state index in [2.05, 4.69) is 9.98 Å². The summed E-state index contributed by atoms with van der Waals surface area (Å²) in [6, 6.07) is 4.57. The molecule has 0 aliphatic carbocycles. The number of hydrogen-bond acceptors (Lipinski definition) is 6. The van der Waals surface area contributed by atoms with Crippen molar-refractivity contribution >= 4 is 16.1 Å². The van der Waals surface area contributed by atoms with Crippen molar-refractivity contribution in [2.75, 3.05) is 6.54 Å². The molecule has 0 amide bonds. The van der Waals surface area contributed by atoms with Crippen molar-refractivity contribution in [2.45, 2.75) is 30.8 Å². The molecule has 1 aromatic rings. The minimum Gasteiger partial charge on any atom is -0.244 e. The maximum atomic E-state index is 12.7. The Morgan fingerprint density at radius 2 is 2.29 bits per heavy atom. The van der Waals surface area contributed by atoms with E-state index in [-0.39, 0.29) is 23.1 Å². The molecule has 0 saturated carbocycles. The summed E-state index contributed by atoms with van der Waals surface area (Å²) in [4.78, 5) is 17.8. The van der Waals surface area contributed by atoms with E-state index in [4.69, 9.17) is 5.26 Å². The van der Waals surface area contributed by atoms with E-state index in [1.165, 1.54) is 24.4 Å². The predicted molar refractivity (Wildman–Crippen MR) is 73.2 cm³/mol. The van der Waals surface area contributed by atoms with Crippen LogP contribution in [0, 0.1) is 17.2 Å². The summed E-state index contributed by atoms with van der Waals surface area (Å²) in [6.07, 6.45) is 3.46. The Balaban J connectivity index is 2.51. The molecule has 0 N–H and O–H groups in total. The molecule has 2 atom stereocenters. The van der Waals surface area contributed by atoms with Crippen molar-refractivity contribution in [3.63, 3.8) is 0 Å². The molecular weight excluding hydrogens is 292 g/mol. The SMILES string of the molecule is CC1CCCN(S(=O)(=O)c2cccnc2C#N)C1N=C=O. The minimum absolute atomic E-state index is 0.0859. The van der Waals surface area contributed by atoms with Crippen molar-refractivity contribution in [3.05, 3.63) is 24.0 Å². The summed E-state index contributed by atoms with van der Waals surface area (Å²) in [5, 5.41) is 9.02. The van der Waals surface area contributed by atoms with Crippen LogP contribution in [0.2, 0.25) is 0 Å². The highest BCUT2D eigenvalue weighted by Gasteiger charge is 2.38. The number of nitriles is 1. The smallest absolute Gasteiger partial charge is 0.244 e. The molecule has 7 nitrogen and oxygen atoms in total. The van der Waals surface area contributed by atoms with Crippen LogP contribution in [0.1, 0.15) is 25.5 Å². The first-order valence-corrected chi connectivity index (χ1v) is 7.90. The quantitative estimate of drug-likeness (QED) is 0.613. The van der Waals surface area contributed by atoms with Crippen LogP contribution in [0.4, 0.5) is 0 Å². The number of hydrogen-bond donors (Lipinski definition) is 0. The third kappa shape index (κ3) is 2.85. The van der Waals surface area contributed by atoms with Gasteiger partial charge in [-0.3, -0.25) is 0 Å². The van der Waals surface area contributed by atoms with Crippen molar-refractivity contribution in [3.8, 4) is 6.07 Å². The van der Waals surface area contributed by atoms with E-state index in [9.17, 15) is 13.2 Å². The topological polar surface area (TPSA) is 103 Å². The monoisotopic (exact) mass is 306 g/mol. The number of carbonyl (C=O) groups excluding carboxylic acids is 1. The van der Waals surface area contributed by atoms with Crippen molar-refractivity contribution in [2.24, 2.45) is 10.9 Å². The zero-order valence-electron chi connectivity index (χ0n) is 11.4. The van der Waals surface area contributed by atoms with E-state index in [0.29, 0.717) is 6.42 Å². The molecular formula is C13H14N4O3S. The van der Waals surface area contributed by atoms with Crippen LogP contribution < -0.4 is 0 Å². The fourth-order valence-corrected chi connectivity index (χ4v) is 4.21. The van der Waals surface area contributed by atoms with E-state index in [1.807, 2.05) is 6.92 Å². The van der Waals surface area contributed by atoms with Gasteiger partial charge in [0.1, 0.15) is 17.1 Å². The lowest BCUT2D eigenvalue weighted by atomic mass is 9.98. The first kappa shape index (κ1) is 15.3. The summed E-state index contributed by atoms with van der Waals surface area (Å²) in [5.74, 6) is -0.0859. The summed E-state index contributed by atoms with van der Waals surface area (Å²) in [6.45, 7) is 2.09. The highest BCUT2D eigenvalue weighted by molar-refractivity contribution is 7.89. The number of nitrogens with zero attached hydrogens (tertiary/aromatic N) is 4. The second-order valence-corrected chi connectivity index (χ2v) is 6.69. The van der Waals surface area contributed by atoms with Gasteiger partial charge in [0.25, 0.3) is 0 Å². The van der Waals surface area contributed by atoms with Crippen LogP contribution >= 0.6 is 0 Å². The molecule has 0 aromatic carbocycles. The zero-order valence-corrected chi connectivity index (χ0v) is 12.2. The third-order valence-corrected chi connectivity index (χ3v) is 5.39. The molecule has 0 radical (unpaired) electrons. The Morgan fingerprint density at radius 3 is 2.95 bits per heavy atom. The van der Waals surface area contributed by atoms with Gasteiger partial charge in [0.05, 0.1) is 0 Å². The van der Waals surface area contributed by atoms with E-state index in [1.54, 1.807) is 6.07 Å². The van der Waals surface area contributed by atoms with Gasteiger partial charge in [0, 0.05) is 12.7 Å². The van der Waals surface area contributed by atoms with E-state index < -0.39 is 16.2 Å². The van der Waals surface area contributed by atoms with Crippen molar-refractivity contribution in [1.82, 2.24) is 9.29 Å². The third-order valence-electron chi connectivity index (χ3n) is 3.49. The molecule has 2 heterocycles. The van der Waals surface area contributed by atoms with Gasteiger partial charge in [-0.2, -0.15) is 14.6 Å². The summed E-state index contributed by atoms with van der Waals surface area (Å²) < 4.78 is 26.6. The van der Waals surface area contributed by atoms with Gasteiger partial charge in [-0.1, -0.05) is 6.92 Å². The number of isocyanates is 1. The molecule has 110 valence electrons. The van der Waals surface area contributed by atoms with Gasteiger partial charge >= 0.3 is 0 Å². The minimum atomic E-state index is -3.93. The van der Waals surface area contributed by atoms with Gasteiger partial charge in [-0.15, -0.1) is 0 Å². The van der Waals surface area contributed by atoms with Crippen LogP contribution in [0.25, 0.3) is 0 Å². The second kappa shape index (κ2) is 6.14. The first-order chi connectivity index (χ1) is 10.0. The Bertz CT molecular complexity index is 719. The highest BCUT2D eigenvalue weighted by Crippen LogP contribution is 2.30. The van der Waals surface area contributed by atoms with Crippen molar-refractivity contribution in [1.29, 1.82) is 5.26 Å². The average molecular weight is 306 g/mol. The Hall–Kier alpha value is -2.07. The number of piperidine rings is 1. The average Bonchev–Trinajstić information content (AvgIpc) is 2.49. The molecule has 1 aliphatic rings. The van der Waals surface area contributed by atoms with E-state index in [0.717, 1.165) is 10.7 Å². The van der Waals surface area contributed by atoms with Gasteiger partial charge in [-0.25, -0.2) is 18.2 Å². The van der Waals surface area contributed by atoms with Gasteiger partial charge < -0.3 is 0 Å². The zero-order chi connectivity index (χ0) is 15.5. The number of aromatic nitrogens is 1. The van der Waals surface area contributed by atoms with Crippen molar-refractivity contribution < 1.29 is 13.2 Å². The maximum Gasteiger partial charge on any atom is 0.247 e. The van der Waals surface area contributed by atoms with Crippen LogP contribution in [-0.4, -0.2) is 36.5 Å². The summed E-state index contributed by atoms with van der Waals surface area (Å²) >= 11 is 0. The molecule has 2 rings (SSSR count). The van der Waals surface area contributed by atoms with Gasteiger partial charge in [0.2, 0.25) is 16.1 Å². The molecule has 1 aliphatic heterocycles. The Labute approximate surface area is 123 Å². The summed E-state index contributed by atoms with van der Waals surface area (Å²) in [7, 11) is -3.93. The summed E-state index contributed by atoms with van der Waals surface area (Å²) in [5.41, 5.74) is -0.162. The van der Waals surface area contributed by atoms with Crippen LogP contribution in [0.5, 0.6) is 0 Å². The van der Waals surface area contributed by atoms with Gasteiger partial charge in [0.15, 0.2) is 5.69 Å². The lowest BCUT2D eigenvalue weighted by Gasteiger charge is -2.35. The van der Waals surface area contributed by atoms with Crippen LogP contribution in [-0.2, 0) is 14.8 Å². The second-order valence-electron chi connectivity index (χ2n) is 4.83. The fraction of sp³-hybridized carbons (Fsp3) is 0.462. The Kier molecular flexibility index (Phi) is 4.48. The van der Waals surface area contributed by atoms with Crippen LogP contribution in [0.15, 0.2) is 28.2 Å². The molecule has 1 saturated heterocycles. The number of pyridine rings is 1. The number of aliphatic imine (C=N–C) groups is 1. The molecule has 2 unspecified atom stereocenters. The molecule has 0 bridgehead atoms. The maximum absolute atomic E-state index is 12.7. The Morgan fingerprint density at radius 1 is 1.52 bits per heavy atom. The highest BCUT2D eigenvalue weighted by atomic mass is 32.2. The molecule has 21 heavy (non-hydrogen) atoms. The molecule has 1 aromatic heterocycles. The normalized spacial score (nSPS) is 23.0. The number of rotatable bonds is 3. The molecule has 1 fully saturated rings. The van der Waals surface area contributed by atoms with Gasteiger partial charge in [-0.05, 0) is 30.9 Å². The van der Waals surface area contributed by atoms with E-state index >= 15 is 0 Å². The lowest BCUT2D eigenvalue weighted by molar-refractivity contribution is 0.194.